The molecular weight excluding hydrogens is 376 g/mol. The maximum Gasteiger partial charge on any atom is 0.264 e. The van der Waals surface area contributed by atoms with Gasteiger partial charge in [0.25, 0.3) is 15.9 Å². The van der Waals surface area contributed by atoms with Crippen molar-refractivity contribution in [3.05, 3.63) is 60.2 Å². The van der Waals surface area contributed by atoms with Gasteiger partial charge >= 0.3 is 0 Å². The molecule has 0 aromatic heterocycles. The Morgan fingerprint density at radius 2 is 1.71 bits per heavy atom. The molecule has 7 heteroatoms. The van der Waals surface area contributed by atoms with Crippen LogP contribution in [0.1, 0.15) is 31.1 Å². The Hall–Kier alpha value is -2.38. The molecule has 0 bridgehead atoms. The molecule has 150 valence electrons. The molecule has 2 unspecified atom stereocenters. The molecule has 0 spiro atoms. The first kappa shape index (κ1) is 20.4. The summed E-state index contributed by atoms with van der Waals surface area (Å²) in [6.07, 6.45) is -0.0958. The lowest BCUT2D eigenvalue weighted by Crippen LogP contribution is -2.48. The van der Waals surface area contributed by atoms with Crippen molar-refractivity contribution in [3.8, 4) is 0 Å². The molecule has 0 radical (unpaired) electrons. The average molecular weight is 403 g/mol. The number of ether oxygens (including phenoxy) is 1. The van der Waals surface area contributed by atoms with Crippen LogP contribution in [0.5, 0.6) is 0 Å². The van der Waals surface area contributed by atoms with Gasteiger partial charge in [-0.1, -0.05) is 24.3 Å². The minimum absolute atomic E-state index is 0.0479. The van der Waals surface area contributed by atoms with Crippen molar-refractivity contribution < 1.29 is 17.9 Å². The van der Waals surface area contributed by atoms with Crippen molar-refractivity contribution >= 4 is 21.6 Å². The van der Waals surface area contributed by atoms with Crippen LogP contribution < -0.4 is 4.31 Å². The van der Waals surface area contributed by atoms with Crippen LogP contribution in [0.15, 0.2) is 59.5 Å². The van der Waals surface area contributed by atoms with Gasteiger partial charge in [-0.2, -0.15) is 0 Å². The van der Waals surface area contributed by atoms with Crippen molar-refractivity contribution in [2.24, 2.45) is 0 Å². The van der Waals surface area contributed by atoms with Gasteiger partial charge in [0.2, 0.25) is 0 Å². The summed E-state index contributed by atoms with van der Waals surface area (Å²) in [6, 6.07) is 15.2. The number of hydrogen-bond acceptors (Lipinski definition) is 4. The van der Waals surface area contributed by atoms with E-state index in [0.717, 1.165) is 0 Å². The Kier molecular flexibility index (Phi) is 6.05. The highest BCUT2D eigenvalue weighted by atomic mass is 32.2. The number of rotatable bonds is 5. The summed E-state index contributed by atoms with van der Waals surface area (Å²) >= 11 is 0. The number of carbonyl (C=O) groups excluding carboxylic acids is 1. The van der Waals surface area contributed by atoms with Crippen LogP contribution in [-0.2, 0) is 14.8 Å². The fourth-order valence-corrected chi connectivity index (χ4v) is 5.05. The molecule has 0 aliphatic carbocycles. The highest BCUT2D eigenvalue weighted by Gasteiger charge is 2.28. The molecular formula is C21H26N2O4S. The van der Waals surface area contributed by atoms with Gasteiger partial charge in [-0.15, -0.1) is 0 Å². The molecule has 28 heavy (non-hydrogen) atoms. The second-order valence-electron chi connectivity index (χ2n) is 7.00. The van der Waals surface area contributed by atoms with E-state index in [9.17, 15) is 13.2 Å². The Balaban J connectivity index is 1.91. The van der Waals surface area contributed by atoms with Crippen molar-refractivity contribution in [1.82, 2.24) is 4.90 Å². The maximum absolute atomic E-state index is 13.2. The number of hydrogen-bond donors (Lipinski definition) is 0. The monoisotopic (exact) mass is 402 g/mol. The molecule has 0 saturated carbocycles. The van der Waals surface area contributed by atoms with Crippen LogP contribution in [0.3, 0.4) is 0 Å². The second kappa shape index (κ2) is 8.32. The lowest BCUT2D eigenvalue weighted by atomic mass is 10.1. The van der Waals surface area contributed by atoms with Gasteiger partial charge in [0.05, 0.1) is 22.8 Å². The maximum atomic E-state index is 13.2. The van der Waals surface area contributed by atoms with E-state index in [4.69, 9.17) is 4.74 Å². The van der Waals surface area contributed by atoms with E-state index in [1.807, 2.05) is 19.9 Å². The van der Waals surface area contributed by atoms with Crippen LogP contribution in [0.2, 0.25) is 0 Å². The highest BCUT2D eigenvalue weighted by Crippen LogP contribution is 2.24. The zero-order chi connectivity index (χ0) is 20.3. The molecule has 6 nitrogen and oxygen atoms in total. The predicted octanol–water partition coefficient (Wildman–Crippen LogP) is 3.15. The standard InChI is InChI=1S/C21H26N2O4S/c1-4-23(19-10-6-5-7-11-19)28(25,26)20-12-8-9-18(13-20)21(24)22-14-16(2)27-17(3)15-22/h5-13,16-17H,4,14-15H2,1-3H3. The molecule has 1 aliphatic heterocycles. The highest BCUT2D eigenvalue weighted by molar-refractivity contribution is 7.92. The molecule has 3 rings (SSSR count). The third-order valence-corrected chi connectivity index (χ3v) is 6.61. The van der Waals surface area contributed by atoms with Gasteiger partial charge in [0, 0.05) is 25.2 Å². The Morgan fingerprint density at radius 1 is 1.07 bits per heavy atom. The quantitative estimate of drug-likeness (QED) is 0.771. The normalized spacial score (nSPS) is 20.0. The summed E-state index contributed by atoms with van der Waals surface area (Å²) < 4.78 is 33.4. The van der Waals surface area contributed by atoms with E-state index in [2.05, 4.69) is 0 Å². The summed E-state index contributed by atoms with van der Waals surface area (Å²) in [4.78, 5) is 14.8. The summed E-state index contributed by atoms with van der Waals surface area (Å²) in [6.45, 7) is 6.92. The fourth-order valence-electron chi connectivity index (χ4n) is 3.53. The number of amides is 1. The van der Waals surface area contributed by atoms with Crippen molar-refractivity contribution in [1.29, 1.82) is 0 Å². The molecule has 1 amide bonds. The van der Waals surface area contributed by atoms with E-state index in [1.54, 1.807) is 48.2 Å². The minimum atomic E-state index is -3.77. The van der Waals surface area contributed by atoms with Gasteiger partial charge in [-0.25, -0.2) is 8.42 Å². The Morgan fingerprint density at radius 3 is 2.32 bits per heavy atom. The number of sulfonamides is 1. The molecule has 2 aromatic carbocycles. The van der Waals surface area contributed by atoms with E-state index >= 15 is 0 Å². The van der Waals surface area contributed by atoms with Gasteiger partial charge in [0.15, 0.2) is 0 Å². The van der Waals surface area contributed by atoms with Crippen LogP contribution >= 0.6 is 0 Å². The van der Waals surface area contributed by atoms with Crippen molar-refractivity contribution in [2.75, 3.05) is 23.9 Å². The van der Waals surface area contributed by atoms with Gasteiger partial charge in [-0.3, -0.25) is 9.10 Å². The summed E-state index contributed by atoms with van der Waals surface area (Å²) in [5.41, 5.74) is 0.962. The summed E-state index contributed by atoms with van der Waals surface area (Å²) in [5.74, 6) is -0.179. The van der Waals surface area contributed by atoms with E-state index in [0.29, 0.717) is 30.9 Å². The number of anilines is 1. The lowest BCUT2D eigenvalue weighted by Gasteiger charge is -2.35. The molecule has 0 N–H and O–H groups in total. The molecule has 2 aromatic rings. The molecule has 1 saturated heterocycles. The zero-order valence-corrected chi connectivity index (χ0v) is 17.2. The topological polar surface area (TPSA) is 66.9 Å². The first-order valence-corrected chi connectivity index (χ1v) is 10.9. The third kappa shape index (κ3) is 4.20. The van der Waals surface area contributed by atoms with E-state index in [1.165, 1.54) is 16.4 Å². The third-order valence-electron chi connectivity index (χ3n) is 4.71. The van der Waals surface area contributed by atoms with E-state index < -0.39 is 10.0 Å². The van der Waals surface area contributed by atoms with Gasteiger partial charge in [0.1, 0.15) is 0 Å². The zero-order valence-electron chi connectivity index (χ0n) is 16.4. The number of carbonyl (C=O) groups is 1. The smallest absolute Gasteiger partial charge is 0.264 e. The molecule has 1 fully saturated rings. The number of morpholine rings is 1. The first-order chi connectivity index (χ1) is 13.3. The second-order valence-corrected chi connectivity index (χ2v) is 8.86. The summed E-state index contributed by atoms with van der Waals surface area (Å²) in [7, 11) is -3.77. The Labute approximate surface area is 166 Å². The SMILES string of the molecule is CCN(c1ccccc1)S(=O)(=O)c1cccc(C(=O)N2CC(C)OC(C)C2)c1. The Bertz CT molecular complexity index is 920. The van der Waals surface area contributed by atoms with Crippen molar-refractivity contribution in [2.45, 2.75) is 37.9 Å². The first-order valence-electron chi connectivity index (χ1n) is 9.45. The van der Waals surface area contributed by atoms with Gasteiger partial charge < -0.3 is 9.64 Å². The fraction of sp³-hybridized carbons (Fsp3) is 0.381. The number of para-hydroxylation sites is 1. The number of nitrogens with zero attached hydrogens (tertiary/aromatic N) is 2. The van der Waals surface area contributed by atoms with Crippen LogP contribution in [0.4, 0.5) is 5.69 Å². The van der Waals surface area contributed by atoms with Gasteiger partial charge in [-0.05, 0) is 51.1 Å². The average Bonchev–Trinajstić information content (AvgIpc) is 2.68. The van der Waals surface area contributed by atoms with Crippen molar-refractivity contribution in [3.63, 3.8) is 0 Å². The van der Waals surface area contributed by atoms with Crippen LogP contribution in [0.25, 0.3) is 0 Å². The molecule has 1 heterocycles. The molecule has 1 aliphatic rings. The minimum Gasteiger partial charge on any atom is -0.372 e. The van der Waals surface area contributed by atoms with E-state index in [-0.39, 0.29) is 23.0 Å². The molecule has 2 atom stereocenters. The lowest BCUT2D eigenvalue weighted by molar-refractivity contribution is -0.0586. The van der Waals surface area contributed by atoms with Crippen LogP contribution in [0, 0.1) is 0 Å². The predicted molar refractivity (Wildman–Crippen MR) is 109 cm³/mol. The summed E-state index contributed by atoms with van der Waals surface area (Å²) in [5, 5.41) is 0. The van der Waals surface area contributed by atoms with Crippen LogP contribution in [-0.4, -0.2) is 51.1 Å². The largest absolute Gasteiger partial charge is 0.372 e. The number of benzene rings is 2.